The van der Waals surface area contributed by atoms with Crippen molar-refractivity contribution in [2.75, 3.05) is 0 Å². The Bertz CT molecular complexity index is 978. The molecule has 120 valence electrons. The summed E-state index contributed by atoms with van der Waals surface area (Å²) in [6, 6.07) is 20.0. The zero-order chi connectivity index (χ0) is 17.2. The number of ketones is 1. The monoisotopic (exact) mass is 338 g/mol. The fourth-order valence-electron chi connectivity index (χ4n) is 2.39. The van der Waals surface area contributed by atoms with Crippen LogP contribution in [-0.4, -0.2) is 19.3 Å². The topological polar surface area (TPSA) is 71.4 Å². The SMILES string of the molecule is O=C(c1ccccc1)c1ccc(O)cc1S(=O)(=O)c1ccccc1. The molecule has 0 atom stereocenters. The second-order valence-corrected chi connectivity index (χ2v) is 7.11. The highest BCUT2D eigenvalue weighted by Gasteiger charge is 2.25. The minimum atomic E-state index is -3.93. The molecule has 0 spiro atoms. The number of hydrogen-bond acceptors (Lipinski definition) is 4. The van der Waals surface area contributed by atoms with Crippen molar-refractivity contribution in [2.24, 2.45) is 0 Å². The number of benzene rings is 3. The van der Waals surface area contributed by atoms with Gasteiger partial charge >= 0.3 is 0 Å². The van der Waals surface area contributed by atoms with E-state index in [-0.39, 0.29) is 21.1 Å². The van der Waals surface area contributed by atoms with Crippen LogP contribution in [0, 0.1) is 0 Å². The highest BCUT2D eigenvalue weighted by atomic mass is 32.2. The molecule has 0 aliphatic rings. The van der Waals surface area contributed by atoms with Crippen LogP contribution in [0.5, 0.6) is 5.75 Å². The van der Waals surface area contributed by atoms with Crippen LogP contribution in [0.3, 0.4) is 0 Å². The van der Waals surface area contributed by atoms with Crippen LogP contribution < -0.4 is 0 Å². The van der Waals surface area contributed by atoms with Crippen molar-refractivity contribution in [1.29, 1.82) is 0 Å². The van der Waals surface area contributed by atoms with E-state index in [0.29, 0.717) is 5.56 Å². The third kappa shape index (κ3) is 2.94. The molecule has 0 aliphatic heterocycles. The fourth-order valence-corrected chi connectivity index (χ4v) is 3.89. The van der Waals surface area contributed by atoms with Gasteiger partial charge < -0.3 is 5.11 Å². The lowest BCUT2D eigenvalue weighted by Crippen LogP contribution is -2.11. The molecular formula is C19H14O4S. The van der Waals surface area contributed by atoms with Crippen LogP contribution >= 0.6 is 0 Å². The lowest BCUT2D eigenvalue weighted by molar-refractivity contribution is 0.103. The Kier molecular flexibility index (Phi) is 4.18. The van der Waals surface area contributed by atoms with Gasteiger partial charge in [-0.05, 0) is 30.3 Å². The molecule has 0 radical (unpaired) electrons. The summed E-state index contributed by atoms with van der Waals surface area (Å²) in [7, 11) is -3.93. The van der Waals surface area contributed by atoms with E-state index in [4.69, 9.17) is 0 Å². The van der Waals surface area contributed by atoms with Crippen molar-refractivity contribution in [3.05, 3.63) is 90.0 Å². The van der Waals surface area contributed by atoms with E-state index in [9.17, 15) is 18.3 Å². The molecule has 0 aliphatic carbocycles. The summed E-state index contributed by atoms with van der Waals surface area (Å²) in [6.45, 7) is 0. The average molecular weight is 338 g/mol. The molecule has 5 heteroatoms. The van der Waals surface area contributed by atoms with E-state index in [1.807, 2.05) is 0 Å². The molecule has 0 saturated carbocycles. The number of phenols is 1. The Labute approximate surface area is 139 Å². The van der Waals surface area contributed by atoms with Gasteiger partial charge in [-0.15, -0.1) is 0 Å². The van der Waals surface area contributed by atoms with Crippen molar-refractivity contribution < 1.29 is 18.3 Å². The van der Waals surface area contributed by atoms with E-state index < -0.39 is 15.6 Å². The Morgan fingerprint density at radius 3 is 2.00 bits per heavy atom. The number of phenolic OH excluding ortho intramolecular Hbond substituents is 1. The Morgan fingerprint density at radius 2 is 1.38 bits per heavy atom. The third-order valence-electron chi connectivity index (χ3n) is 3.59. The normalized spacial score (nSPS) is 11.2. The highest BCUT2D eigenvalue weighted by Crippen LogP contribution is 2.29. The number of aromatic hydroxyl groups is 1. The molecule has 0 amide bonds. The van der Waals surface area contributed by atoms with Gasteiger partial charge in [0.1, 0.15) is 5.75 Å². The van der Waals surface area contributed by atoms with E-state index in [2.05, 4.69) is 0 Å². The smallest absolute Gasteiger partial charge is 0.207 e. The molecule has 0 saturated heterocycles. The molecule has 3 aromatic rings. The molecule has 3 rings (SSSR count). The van der Waals surface area contributed by atoms with Gasteiger partial charge in [-0.3, -0.25) is 4.79 Å². The molecule has 0 bridgehead atoms. The second kappa shape index (κ2) is 6.29. The predicted molar refractivity (Wildman–Crippen MR) is 89.9 cm³/mol. The summed E-state index contributed by atoms with van der Waals surface area (Å²) in [5.74, 6) is -0.626. The first-order chi connectivity index (χ1) is 11.5. The first-order valence-electron chi connectivity index (χ1n) is 7.23. The lowest BCUT2D eigenvalue weighted by atomic mass is 10.0. The molecule has 0 fully saturated rings. The van der Waals surface area contributed by atoms with Gasteiger partial charge in [0.2, 0.25) is 9.84 Å². The van der Waals surface area contributed by atoms with Crippen molar-refractivity contribution in [3.63, 3.8) is 0 Å². The summed E-state index contributed by atoms with van der Waals surface area (Å²) in [5.41, 5.74) is 0.413. The number of carbonyl (C=O) groups is 1. The van der Waals surface area contributed by atoms with E-state index in [1.54, 1.807) is 48.5 Å². The Hall–Kier alpha value is -2.92. The summed E-state index contributed by atoms with van der Waals surface area (Å²) >= 11 is 0. The van der Waals surface area contributed by atoms with Crippen LogP contribution in [0.2, 0.25) is 0 Å². The molecule has 4 nitrogen and oxygen atoms in total. The fraction of sp³-hybridized carbons (Fsp3) is 0. The third-order valence-corrected chi connectivity index (χ3v) is 5.40. The summed E-state index contributed by atoms with van der Waals surface area (Å²) in [5, 5.41) is 9.72. The summed E-state index contributed by atoms with van der Waals surface area (Å²) in [4.78, 5) is 12.6. The minimum Gasteiger partial charge on any atom is -0.508 e. The highest BCUT2D eigenvalue weighted by molar-refractivity contribution is 7.91. The van der Waals surface area contributed by atoms with Crippen LogP contribution in [-0.2, 0) is 9.84 Å². The van der Waals surface area contributed by atoms with Crippen LogP contribution in [0.25, 0.3) is 0 Å². The van der Waals surface area contributed by atoms with Gasteiger partial charge in [0.05, 0.1) is 9.79 Å². The van der Waals surface area contributed by atoms with E-state index in [0.717, 1.165) is 6.07 Å². The van der Waals surface area contributed by atoms with Gasteiger partial charge in [-0.1, -0.05) is 48.5 Å². The molecule has 0 aromatic heterocycles. The maximum absolute atomic E-state index is 12.9. The van der Waals surface area contributed by atoms with Gasteiger partial charge in [-0.2, -0.15) is 0 Å². The first kappa shape index (κ1) is 16.0. The zero-order valence-corrected chi connectivity index (χ0v) is 13.4. The number of hydrogen-bond donors (Lipinski definition) is 1. The van der Waals surface area contributed by atoms with Crippen LogP contribution in [0.15, 0.2) is 88.7 Å². The van der Waals surface area contributed by atoms with Crippen molar-refractivity contribution >= 4 is 15.6 Å². The van der Waals surface area contributed by atoms with Crippen LogP contribution in [0.1, 0.15) is 15.9 Å². The molecule has 0 unspecified atom stereocenters. The zero-order valence-electron chi connectivity index (χ0n) is 12.6. The molecule has 24 heavy (non-hydrogen) atoms. The number of carbonyl (C=O) groups excluding carboxylic acids is 1. The van der Waals surface area contributed by atoms with E-state index >= 15 is 0 Å². The maximum atomic E-state index is 12.9. The van der Waals surface area contributed by atoms with Gasteiger partial charge in [0.25, 0.3) is 0 Å². The van der Waals surface area contributed by atoms with Gasteiger partial charge in [0.15, 0.2) is 5.78 Å². The van der Waals surface area contributed by atoms with Gasteiger partial charge in [0, 0.05) is 11.1 Å². The van der Waals surface area contributed by atoms with Crippen molar-refractivity contribution in [2.45, 2.75) is 9.79 Å². The Balaban J connectivity index is 2.19. The summed E-state index contributed by atoms with van der Waals surface area (Å²) < 4.78 is 25.8. The van der Waals surface area contributed by atoms with E-state index in [1.165, 1.54) is 24.3 Å². The standard InChI is InChI=1S/C19H14O4S/c20-15-11-12-17(19(21)14-7-3-1-4-8-14)18(13-15)24(22,23)16-9-5-2-6-10-16/h1-13,20H. The van der Waals surface area contributed by atoms with Crippen molar-refractivity contribution in [3.8, 4) is 5.75 Å². The second-order valence-electron chi connectivity index (χ2n) is 5.19. The molecule has 1 N–H and O–H groups in total. The lowest BCUT2D eigenvalue weighted by Gasteiger charge is -2.11. The average Bonchev–Trinajstić information content (AvgIpc) is 2.62. The predicted octanol–water partition coefficient (Wildman–Crippen LogP) is 3.46. The first-order valence-corrected chi connectivity index (χ1v) is 8.71. The summed E-state index contributed by atoms with van der Waals surface area (Å²) in [6.07, 6.45) is 0. The molecule has 3 aromatic carbocycles. The maximum Gasteiger partial charge on any atom is 0.207 e. The Morgan fingerprint density at radius 1 is 0.792 bits per heavy atom. The van der Waals surface area contributed by atoms with Gasteiger partial charge in [-0.25, -0.2) is 8.42 Å². The molecular weight excluding hydrogens is 324 g/mol. The minimum absolute atomic E-state index is 0.0304. The molecule has 0 heterocycles. The quantitative estimate of drug-likeness (QED) is 0.740. The number of rotatable bonds is 4. The van der Waals surface area contributed by atoms with Crippen molar-refractivity contribution in [1.82, 2.24) is 0 Å². The number of sulfone groups is 1. The largest absolute Gasteiger partial charge is 0.508 e. The van der Waals surface area contributed by atoms with Crippen LogP contribution in [0.4, 0.5) is 0 Å².